The second-order valence-corrected chi connectivity index (χ2v) is 7.21. The number of nitrogens with zero attached hydrogens (tertiary/aromatic N) is 1. The van der Waals surface area contributed by atoms with Crippen molar-refractivity contribution in [3.63, 3.8) is 0 Å². The lowest BCUT2D eigenvalue weighted by Gasteiger charge is -2.26. The van der Waals surface area contributed by atoms with E-state index in [2.05, 4.69) is 0 Å². The highest BCUT2D eigenvalue weighted by Gasteiger charge is 2.29. The summed E-state index contributed by atoms with van der Waals surface area (Å²) in [7, 11) is -3.57. The standard InChI is InChI=1S/C11H12Cl3NO2S/c12-8-4-5-9(11(14)10(8)13)18(16,17)15-6-2-1-3-7-15/h4-5H,1-3,6-7H2. The van der Waals surface area contributed by atoms with Gasteiger partial charge in [-0.1, -0.05) is 41.2 Å². The van der Waals surface area contributed by atoms with Crippen LogP contribution < -0.4 is 0 Å². The van der Waals surface area contributed by atoms with E-state index < -0.39 is 10.0 Å². The highest BCUT2D eigenvalue weighted by Crippen LogP contribution is 2.36. The van der Waals surface area contributed by atoms with Crippen molar-refractivity contribution >= 4 is 44.8 Å². The van der Waals surface area contributed by atoms with Gasteiger partial charge in [0.2, 0.25) is 10.0 Å². The third kappa shape index (κ3) is 2.63. The predicted molar refractivity (Wildman–Crippen MR) is 74.1 cm³/mol. The fourth-order valence-electron chi connectivity index (χ4n) is 1.95. The average molecular weight is 329 g/mol. The van der Waals surface area contributed by atoms with Crippen LogP contribution in [0, 0.1) is 0 Å². The molecule has 1 aromatic rings. The first-order valence-electron chi connectivity index (χ1n) is 5.58. The summed E-state index contributed by atoms with van der Waals surface area (Å²) in [6.07, 6.45) is 2.80. The number of sulfonamides is 1. The lowest BCUT2D eigenvalue weighted by molar-refractivity contribution is 0.346. The van der Waals surface area contributed by atoms with Crippen LogP contribution >= 0.6 is 34.8 Å². The van der Waals surface area contributed by atoms with E-state index in [9.17, 15) is 8.42 Å². The summed E-state index contributed by atoms with van der Waals surface area (Å²) < 4.78 is 26.3. The Morgan fingerprint density at radius 3 is 2.17 bits per heavy atom. The lowest BCUT2D eigenvalue weighted by atomic mass is 10.2. The van der Waals surface area contributed by atoms with E-state index >= 15 is 0 Å². The van der Waals surface area contributed by atoms with Crippen molar-refractivity contribution in [2.45, 2.75) is 24.2 Å². The average Bonchev–Trinajstić information content (AvgIpc) is 2.37. The molecule has 0 aromatic heterocycles. The molecule has 0 aliphatic carbocycles. The molecule has 18 heavy (non-hydrogen) atoms. The Morgan fingerprint density at radius 1 is 0.944 bits per heavy atom. The minimum Gasteiger partial charge on any atom is -0.207 e. The highest BCUT2D eigenvalue weighted by atomic mass is 35.5. The van der Waals surface area contributed by atoms with Crippen molar-refractivity contribution in [1.29, 1.82) is 0 Å². The minimum absolute atomic E-state index is 0.00487. The molecule has 0 N–H and O–H groups in total. The van der Waals surface area contributed by atoms with Crippen LogP contribution in [0.15, 0.2) is 17.0 Å². The number of hydrogen-bond donors (Lipinski definition) is 0. The summed E-state index contributed by atoms with van der Waals surface area (Å²) in [4.78, 5) is 0.0282. The Morgan fingerprint density at radius 2 is 1.56 bits per heavy atom. The number of hydrogen-bond acceptors (Lipinski definition) is 2. The molecule has 1 saturated heterocycles. The van der Waals surface area contributed by atoms with E-state index in [4.69, 9.17) is 34.8 Å². The number of halogens is 3. The molecule has 1 aliphatic rings. The fraction of sp³-hybridized carbons (Fsp3) is 0.455. The Hall–Kier alpha value is -0.000000000000000132. The van der Waals surface area contributed by atoms with E-state index in [1.165, 1.54) is 16.4 Å². The Bertz CT molecular complexity index is 554. The molecule has 0 radical (unpaired) electrons. The summed E-state index contributed by atoms with van der Waals surface area (Å²) in [5.41, 5.74) is 0. The van der Waals surface area contributed by atoms with Gasteiger partial charge in [-0.3, -0.25) is 0 Å². The van der Waals surface area contributed by atoms with Crippen LogP contribution in [-0.4, -0.2) is 25.8 Å². The van der Waals surface area contributed by atoms with Gasteiger partial charge in [0.05, 0.1) is 15.1 Å². The zero-order valence-corrected chi connectivity index (χ0v) is 12.6. The van der Waals surface area contributed by atoms with Gasteiger partial charge in [0.25, 0.3) is 0 Å². The summed E-state index contributed by atoms with van der Waals surface area (Å²) in [6.45, 7) is 1.05. The Kier molecular flexibility index (Phi) is 4.44. The van der Waals surface area contributed by atoms with Crippen molar-refractivity contribution in [3.8, 4) is 0 Å². The van der Waals surface area contributed by atoms with Crippen LogP contribution in [-0.2, 0) is 10.0 Å². The summed E-state index contributed by atoms with van der Waals surface area (Å²) in [6, 6.07) is 2.85. The molecule has 1 fully saturated rings. The second-order valence-electron chi connectivity index (χ2n) is 4.14. The predicted octanol–water partition coefficient (Wildman–Crippen LogP) is 3.82. The van der Waals surface area contributed by atoms with Crippen LogP contribution in [0.25, 0.3) is 0 Å². The second kappa shape index (κ2) is 5.55. The molecule has 0 bridgehead atoms. The normalized spacial score (nSPS) is 17.9. The molecular formula is C11H12Cl3NO2S. The molecule has 2 rings (SSSR count). The van der Waals surface area contributed by atoms with Gasteiger partial charge in [-0.2, -0.15) is 4.31 Å². The third-order valence-electron chi connectivity index (χ3n) is 2.93. The molecule has 1 aromatic carbocycles. The molecule has 7 heteroatoms. The topological polar surface area (TPSA) is 37.4 Å². The van der Waals surface area contributed by atoms with Gasteiger partial charge < -0.3 is 0 Å². The quantitative estimate of drug-likeness (QED) is 0.774. The minimum atomic E-state index is -3.57. The fourth-order valence-corrected chi connectivity index (χ4v) is 4.42. The molecule has 0 unspecified atom stereocenters. The van der Waals surface area contributed by atoms with Gasteiger partial charge in [-0.25, -0.2) is 8.42 Å². The van der Waals surface area contributed by atoms with Crippen LogP contribution in [0.3, 0.4) is 0 Å². The van der Waals surface area contributed by atoms with Crippen LogP contribution in [0.4, 0.5) is 0 Å². The van der Waals surface area contributed by atoms with E-state index in [1.807, 2.05) is 0 Å². The highest BCUT2D eigenvalue weighted by molar-refractivity contribution is 7.89. The van der Waals surface area contributed by atoms with E-state index in [-0.39, 0.29) is 20.0 Å². The van der Waals surface area contributed by atoms with Gasteiger partial charge in [0, 0.05) is 13.1 Å². The zero-order valence-electron chi connectivity index (χ0n) is 9.50. The maximum atomic E-state index is 12.4. The van der Waals surface area contributed by atoms with Crippen molar-refractivity contribution in [2.75, 3.05) is 13.1 Å². The van der Waals surface area contributed by atoms with Crippen LogP contribution in [0.1, 0.15) is 19.3 Å². The molecular weight excluding hydrogens is 317 g/mol. The maximum Gasteiger partial charge on any atom is 0.244 e. The monoisotopic (exact) mass is 327 g/mol. The molecule has 1 aliphatic heterocycles. The molecule has 3 nitrogen and oxygen atoms in total. The number of benzene rings is 1. The first-order chi connectivity index (χ1) is 8.44. The number of piperidine rings is 1. The first-order valence-corrected chi connectivity index (χ1v) is 8.15. The van der Waals surface area contributed by atoms with Gasteiger partial charge in [0.15, 0.2) is 0 Å². The van der Waals surface area contributed by atoms with Crippen LogP contribution in [0.5, 0.6) is 0 Å². The molecule has 100 valence electrons. The van der Waals surface area contributed by atoms with Gasteiger partial charge in [-0.15, -0.1) is 0 Å². The summed E-state index contributed by atoms with van der Waals surface area (Å²) >= 11 is 17.7. The van der Waals surface area contributed by atoms with E-state index in [1.54, 1.807) is 0 Å². The summed E-state index contributed by atoms with van der Waals surface area (Å²) in [5.74, 6) is 0. The van der Waals surface area contributed by atoms with Gasteiger partial charge in [0.1, 0.15) is 4.90 Å². The molecule has 1 heterocycles. The zero-order chi connectivity index (χ0) is 13.3. The van der Waals surface area contributed by atoms with Crippen molar-refractivity contribution in [1.82, 2.24) is 4.31 Å². The molecule has 0 saturated carbocycles. The third-order valence-corrected chi connectivity index (χ3v) is 6.28. The molecule has 0 spiro atoms. The first kappa shape index (κ1) is 14.4. The van der Waals surface area contributed by atoms with E-state index in [0.717, 1.165) is 19.3 Å². The largest absolute Gasteiger partial charge is 0.244 e. The SMILES string of the molecule is O=S(=O)(c1ccc(Cl)c(Cl)c1Cl)N1CCCCC1. The Labute approximate surface area is 122 Å². The van der Waals surface area contributed by atoms with Crippen molar-refractivity contribution in [2.24, 2.45) is 0 Å². The lowest BCUT2D eigenvalue weighted by Crippen LogP contribution is -2.35. The summed E-state index contributed by atoms with van der Waals surface area (Å²) in [5, 5.41) is 0.324. The number of rotatable bonds is 2. The van der Waals surface area contributed by atoms with Crippen LogP contribution in [0.2, 0.25) is 15.1 Å². The van der Waals surface area contributed by atoms with Crippen molar-refractivity contribution in [3.05, 3.63) is 27.2 Å². The van der Waals surface area contributed by atoms with Crippen molar-refractivity contribution < 1.29 is 8.42 Å². The van der Waals surface area contributed by atoms with Gasteiger partial charge >= 0.3 is 0 Å². The molecule has 0 amide bonds. The molecule has 0 atom stereocenters. The maximum absolute atomic E-state index is 12.4. The van der Waals surface area contributed by atoms with Gasteiger partial charge in [-0.05, 0) is 25.0 Å². The Balaban J connectivity index is 2.44. The van der Waals surface area contributed by atoms with E-state index in [0.29, 0.717) is 13.1 Å². The smallest absolute Gasteiger partial charge is 0.207 e.